The summed E-state index contributed by atoms with van der Waals surface area (Å²) in [6.07, 6.45) is 2.81. The molecule has 2 aromatic heterocycles. The van der Waals surface area contributed by atoms with Crippen LogP contribution >= 0.6 is 0 Å². The molecule has 2 aromatic rings. The van der Waals surface area contributed by atoms with Gasteiger partial charge in [0.15, 0.2) is 11.5 Å². The molecular weight excluding hydrogens is 258 g/mol. The van der Waals surface area contributed by atoms with Crippen molar-refractivity contribution < 1.29 is 4.79 Å². The molecular formula is C12H19N7O. The Bertz CT molecular complexity index is 595. The Kier molecular flexibility index (Phi) is 4.34. The van der Waals surface area contributed by atoms with Crippen LogP contribution in [-0.4, -0.2) is 38.4 Å². The summed E-state index contributed by atoms with van der Waals surface area (Å²) < 4.78 is 0. The first-order valence-electron chi connectivity index (χ1n) is 6.60. The van der Waals surface area contributed by atoms with Gasteiger partial charge in [-0.15, -0.1) is 0 Å². The average Bonchev–Trinajstić information content (AvgIpc) is 2.86. The number of aromatic nitrogens is 4. The number of carbonyl (C=O) groups is 1. The SMILES string of the molecule is CCC(C)NC(=O)CCNc1nc(N)nc2nc[nH]c12. The number of anilines is 2. The highest BCUT2D eigenvalue weighted by molar-refractivity contribution is 5.84. The fourth-order valence-corrected chi connectivity index (χ4v) is 1.72. The molecule has 108 valence electrons. The lowest BCUT2D eigenvalue weighted by Gasteiger charge is -2.11. The van der Waals surface area contributed by atoms with Crippen molar-refractivity contribution in [3.05, 3.63) is 6.33 Å². The van der Waals surface area contributed by atoms with E-state index in [1.54, 1.807) is 0 Å². The lowest BCUT2D eigenvalue weighted by Crippen LogP contribution is -2.33. The first-order valence-corrected chi connectivity index (χ1v) is 6.60. The molecule has 0 spiro atoms. The van der Waals surface area contributed by atoms with Crippen LogP contribution in [0.5, 0.6) is 0 Å². The van der Waals surface area contributed by atoms with Gasteiger partial charge in [0.05, 0.1) is 6.33 Å². The zero-order valence-electron chi connectivity index (χ0n) is 11.6. The van der Waals surface area contributed by atoms with Crippen LogP contribution in [0.3, 0.4) is 0 Å². The smallest absolute Gasteiger partial charge is 0.224 e. The molecule has 0 saturated heterocycles. The Labute approximate surface area is 116 Å². The van der Waals surface area contributed by atoms with E-state index >= 15 is 0 Å². The van der Waals surface area contributed by atoms with Crippen molar-refractivity contribution in [3.63, 3.8) is 0 Å². The zero-order chi connectivity index (χ0) is 14.5. The summed E-state index contributed by atoms with van der Waals surface area (Å²) in [5, 5.41) is 5.98. The van der Waals surface area contributed by atoms with Gasteiger partial charge in [0.1, 0.15) is 5.52 Å². The summed E-state index contributed by atoms with van der Waals surface area (Å²) in [7, 11) is 0. The van der Waals surface area contributed by atoms with E-state index in [0.717, 1.165) is 6.42 Å². The van der Waals surface area contributed by atoms with Crippen LogP contribution in [0.4, 0.5) is 11.8 Å². The first kappa shape index (κ1) is 14.0. The molecule has 0 aliphatic carbocycles. The number of nitrogen functional groups attached to an aromatic ring is 1. The number of carbonyl (C=O) groups excluding carboxylic acids is 1. The minimum atomic E-state index is 0.00901. The van der Waals surface area contributed by atoms with Crippen molar-refractivity contribution >= 4 is 28.8 Å². The van der Waals surface area contributed by atoms with E-state index in [0.29, 0.717) is 29.9 Å². The number of hydrogen-bond donors (Lipinski definition) is 4. The standard InChI is InChI=1S/C12H19N7O/c1-3-7(2)17-8(20)4-5-14-10-9-11(16-6-15-9)19-12(13)18-10/h6-7H,3-5H2,1-2H3,(H,17,20)(H4,13,14,15,16,18,19). The molecule has 0 radical (unpaired) electrons. The molecule has 1 unspecified atom stereocenters. The van der Waals surface area contributed by atoms with Gasteiger partial charge in [0.2, 0.25) is 11.9 Å². The monoisotopic (exact) mass is 277 g/mol. The Hall–Kier alpha value is -2.38. The number of nitrogens with zero attached hydrogens (tertiary/aromatic N) is 3. The highest BCUT2D eigenvalue weighted by atomic mass is 16.1. The van der Waals surface area contributed by atoms with Gasteiger partial charge in [-0.05, 0) is 13.3 Å². The fourth-order valence-electron chi connectivity index (χ4n) is 1.72. The molecule has 0 fully saturated rings. The van der Waals surface area contributed by atoms with E-state index in [9.17, 15) is 4.79 Å². The van der Waals surface area contributed by atoms with E-state index in [4.69, 9.17) is 5.73 Å². The number of hydrogen-bond acceptors (Lipinski definition) is 6. The van der Waals surface area contributed by atoms with Gasteiger partial charge in [-0.2, -0.15) is 9.97 Å². The minimum Gasteiger partial charge on any atom is -0.368 e. The van der Waals surface area contributed by atoms with Gasteiger partial charge in [-0.25, -0.2) is 4.98 Å². The van der Waals surface area contributed by atoms with Gasteiger partial charge in [0.25, 0.3) is 0 Å². The molecule has 2 heterocycles. The summed E-state index contributed by atoms with van der Waals surface area (Å²) in [4.78, 5) is 26.7. The molecule has 5 N–H and O–H groups in total. The highest BCUT2D eigenvalue weighted by Crippen LogP contribution is 2.16. The number of nitrogens with two attached hydrogens (primary N) is 1. The van der Waals surface area contributed by atoms with E-state index in [1.165, 1.54) is 6.33 Å². The second kappa shape index (κ2) is 6.18. The van der Waals surface area contributed by atoms with E-state index < -0.39 is 0 Å². The third-order valence-corrected chi connectivity index (χ3v) is 2.97. The summed E-state index contributed by atoms with van der Waals surface area (Å²) in [5.41, 5.74) is 6.79. The number of H-pyrrole nitrogens is 1. The molecule has 1 atom stereocenters. The Balaban J connectivity index is 1.93. The zero-order valence-corrected chi connectivity index (χ0v) is 11.6. The maximum atomic E-state index is 11.7. The Morgan fingerprint density at radius 1 is 1.50 bits per heavy atom. The fraction of sp³-hybridized carbons (Fsp3) is 0.500. The predicted octanol–water partition coefficient (Wildman–Crippen LogP) is 0.652. The molecule has 0 saturated carbocycles. The van der Waals surface area contributed by atoms with Crippen molar-refractivity contribution in [2.45, 2.75) is 32.7 Å². The van der Waals surface area contributed by atoms with Crippen molar-refractivity contribution in [1.82, 2.24) is 25.3 Å². The quantitative estimate of drug-likeness (QED) is 0.615. The molecule has 0 aromatic carbocycles. The number of amides is 1. The molecule has 0 aliphatic rings. The van der Waals surface area contributed by atoms with Crippen molar-refractivity contribution in [2.24, 2.45) is 0 Å². The normalized spacial score (nSPS) is 12.3. The van der Waals surface area contributed by atoms with Crippen LogP contribution in [0, 0.1) is 0 Å². The second-order valence-corrected chi connectivity index (χ2v) is 4.59. The largest absolute Gasteiger partial charge is 0.368 e. The van der Waals surface area contributed by atoms with Gasteiger partial charge in [-0.3, -0.25) is 4.79 Å². The van der Waals surface area contributed by atoms with Crippen molar-refractivity contribution in [1.29, 1.82) is 0 Å². The topological polar surface area (TPSA) is 122 Å². The van der Waals surface area contributed by atoms with Gasteiger partial charge in [0, 0.05) is 19.0 Å². The number of imidazole rings is 1. The lowest BCUT2D eigenvalue weighted by atomic mass is 10.2. The number of nitrogens with one attached hydrogen (secondary N) is 3. The van der Waals surface area contributed by atoms with Crippen LogP contribution in [0.1, 0.15) is 26.7 Å². The summed E-state index contributed by atoms with van der Waals surface area (Å²) >= 11 is 0. The third kappa shape index (κ3) is 3.34. The summed E-state index contributed by atoms with van der Waals surface area (Å²) in [5.74, 6) is 0.715. The van der Waals surface area contributed by atoms with Crippen LogP contribution in [0.25, 0.3) is 11.2 Å². The molecule has 20 heavy (non-hydrogen) atoms. The number of aromatic amines is 1. The van der Waals surface area contributed by atoms with E-state index in [-0.39, 0.29) is 17.9 Å². The number of fused-ring (bicyclic) bond motifs is 1. The van der Waals surface area contributed by atoms with Gasteiger partial charge >= 0.3 is 0 Å². The van der Waals surface area contributed by atoms with E-state index in [1.807, 2.05) is 13.8 Å². The molecule has 0 bridgehead atoms. The van der Waals surface area contributed by atoms with Crippen molar-refractivity contribution in [2.75, 3.05) is 17.6 Å². The minimum absolute atomic E-state index is 0.00901. The Morgan fingerprint density at radius 3 is 3.05 bits per heavy atom. The second-order valence-electron chi connectivity index (χ2n) is 4.59. The molecule has 0 aliphatic heterocycles. The average molecular weight is 277 g/mol. The van der Waals surface area contributed by atoms with Gasteiger partial charge in [-0.1, -0.05) is 6.92 Å². The van der Waals surface area contributed by atoms with Crippen LogP contribution in [0.15, 0.2) is 6.33 Å². The van der Waals surface area contributed by atoms with Crippen LogP contribution in [0.2, 0.25) is 0 Å². The Morgan fingerprint density at radius 2 is 2.30 bits per heavy atom. The maximum absolute atomic E-state index is 11.7. The number of rotatable bonds is 6. The van der Waals surface area contributed by atoms with Crippen LogP contribution in [-0.2, 0) is 4.79 Å². The summed E-state index contributed by atoms with van der Waals surface area (Å²) in [6.45, 7) is 4.47. The molecule has 8 nitrogen and oxygen atoms in total. The highest BCUT2D eigenvalue weighted by Gasteiger charge is 2.09. The molecule has 8 heteroatoms. The predicted molar refractivity (Wildman–Crippen MR) is 77.1 cm³/mol. The first-order chi connectivity index (χ1) is 9.60. The lowest BCUT2D eigenvalue weighted by molar-refractivity contribution is -0.121. The van der Waals surface area contributed by atoms with Crippen LogP contribution < -0.4 is 16.4 Å². The van der Waals surface area contributed by atoms with E-state index in [2.05, 4.69) is 30.6 Å². The molecule has 1 amide bonds. The van der Waals surface area contributed by atoms with Crippen molar-refractivity contribution in [3.8, 4) is 0 Å². The summed E-state index contributed by atoms with van der Waals surface area (Å²) in [6, 6.07) is 0.191. The molecule has 2 rings (SSSR count). The van der Waals surface area contributed by atoms with Gasteiger partial charge < -0.3 is 21.4 Å². The maximum Gasteiger partial charge on any atom is 0.224 e. The third-order valence-electron chi connectivity index (χ3n) is 2.97.